The van der Waals surface area contributed by atoms with E-state index >= 15 is 0 Å². The maximum Gasteiger partial charge on any atom is 0.168 e. The van der Waals surface area contributed by atoms with Crippen molar-refractivity contribution in [1.82, 2.24) is 9.78 Å². The molecule has 1 unspecified atom stereocenters. The molecule has 23 heavy (non-hydrogen) atoms. The number of Topliss-reactive ketones (excluding diaryl/α,β-unsaturated/α-hetero) is 1. The Balaban J connectivity index is 2.21. The van der Waals surface area contributed by atoms with Gasteiger partial charge in [-0.2, -0.15) is 5.10 Å². The molecule has 0 aromatic carbocycles. The summed E-state index contributed by atoms with van der Waals surface area (Å²) in [7, 11) is 1.83. The van der Waals surface area contributed by atoms with Gasteiger partial charge in [0.1, 0.15) is 12.4 Å². The van der Waals surface area contributed by atoms with Crippen LogP contribution in [-0.2, 0) is 16.7 Å². The van der Waals surface area contributed by atoms with Crippen LogP contribution >= 0.6 is 11.6 Å². The average Bonchev–Trinajstić information content (AvgIpc) is 2.95. The van der Waals surface area contributed by atoms with Gasteiger partial charge in [0.05, 0.1) is 11.3 Å². The van der Waals surface area contributed by atoms with Crippen molar-refractivity contribution in [2.75, 3.05) is 6.61 Å². The van der Waals surface area contributed by atoms with Crippen molar-refractivity contribution in [2.24, 2.45) is 12.2 Å². The molecule has 0 fully saturated rings. The molecule has 0 amide bonds. The number of hydrogen-bond acceptors (Lipinski definition) is 5. The van der Waals surface area contributed by atoms with E-state index in [1.165, 1.54) is 5.54 Å². The van der Waals surface area contributed by atoms with E-state index in [2.05, 4.69) is 10.3 Å². The summed E-state index contributed by atoms with van der Waals surface area (Å²) >= 11 is 5.40. The highest BCUT2D eigenvalue weighted by molar-refractivity contribution is 6.25. The predicted octanol–water partition coefficient (Wildman–Crippen LogP) is 3.21. The number of hydrogen-bond donors (Lipinski definition) is 1. The lowest BCUT2D eigenvalue weighted by Crippen LogP contribution is -2.24. The first kappa shape index (κ1) is 17.3. The Kier molecular flexibility index (Phi) is 5.98. The first-order chi connectivity index (χ1) is 11.1. The minimum Gasteiger partial charge on any atom is -0.511 e. The van der Waals surface area contributed by atoms with E-state index in [-0.39, 0.29) is 29.6 Å². The van der Waals surface area contributed by atoms with E-state index in [1.807, 2.05) is 20.0 Å². The van der Waals surface area contributed by atoms with Crippen LogP contribution in [0.5, 0.6) is 0 Å². The van der Waals surface area contributed by atoms with Crippen LogP contribution in [0.4, 0.5) is 0 Å². The van der Waals surface area contributed by atoms with Crippen LogP contribution < -0.4 is 0 Å². The Labute approximate surface area is 140 Å². The van der Waals surface area contributed by atoms with Crippen molar-refractivity contribution < 1.29 is 14.7 Å². The first-order valence-electron chi connectivity index (χ1n) is 7.46. The molecule has 0 saturated heterocycles. The molecule has 0 aliphatic heterocycles. The van der Waals surface area contributed by atoms with Crippen molar-refractivity contribution in [1.29, 1.82) is 0 Å². The third-order valence-electron chi connectivity index (χ3n) is 3.77. The van der Waals surface area contributed by atoms with E-state index in [9.17, 15) is 9.90 Å². The van der Waals surface area contributed by atoms with Gasteiger partial charge in [-0.3, -0.25) is 9.48 Å². The molecule has 0 saturated carbocycles. The molecule has 1 atom stereocenters. The van der Waals surface area contributed by atoms with Crippen molar-refractivity contribution in [3.63, 3.8) is 0 Å². The molecule has 1 aliphatic rings. The lowest BCUT2D eigenvalue weighted by molar-refractivity contribution is -0.116. The lowest BCUT2D eigenvalue weighted by Gasteiger charge is -2.23. The quantitative estimate of drug-likeness (QED) is 0.491. The molecule has 1 aromatic heterocycles. The van der Waals surface area contributed by atoms with Crippen LogP contribution in [0, 0.1) is 0 Å². The van der Waals surface area contributed by atoms with Crippen LogP contribution in [0.1, 0.15) is 37.8 Å². The third-order valence-corrected chi connectivity index (χ3v) is 3.95. The Morgan fingerprint density at radius 1 is 1.61 bits per heavy atom. The van der Waals surface area contributed by atoms with Gasteiger partial charge in [0.25, 0.3) is 0 Å². The van der Waals surface area contributed by atoms with Gasteiger partial charge < -0.3 is 9.94 Å². The fourth-order valence-electron chi connectivity index (χ4n) is 2.70. The summed E-state index contributed by atoms with van der Waals surface area (Å²) in [6.45, 7) is 2.08. The van der Waals surface area contributed by atoms with Crippen molar-refractivity contribution in [3.05, 3.63) is 40.9 Å². The maximum absolute atomic E-state index is 12.5. The maximum atomic E-state index is 12.5. The van der Waals surface area contributed by atoms with Gasteiger partial charge in [0.15, 0.2) is 5.78 Å². The monoisotopic (exact) mass is 337 g/mol. The van der Waals surface area contributed by atoms with E-state index in [0.717, 1.165) is 5.69 Å². The van der Waals surface area contributed by atoms with Gasteiger partial charge in [-0.05, 0) is 18.6 Å². The Morgan fingerprint density at radius 2 is 2.39 bits per heavy atom. The molecular weight excluding hydrogens is 318 g/mol. The first-order valence-corrected chi connectivity index (χ1v) is 7.89. The minimum absolute atomic E-state index is 0.0598. The molecular formula is C16H20ClN3O3. The number of oxime groups is 1. The van der Waals surface area contributed by atoms with E-state index < -0.39 is 0 Å². The molecule has 6 nitrogen and oxygen atoms in total. The number of aryl methyl sites for hydroxylation is 1. The summed E-state index contributed by atoms with van der Waals surface area (Å²) in [5, 5.41) is 18.4. The minimum atomic E-state index is -0.128. The standard InChI is InChI=1S/C16H20ClN3O3/c1-3-12(19-23-8-4-6-17)16-14(21)9-11(10-15(16)22)13-5-7-18-20(13)2/h4-7,11,21H,3,8-10H2,1-2H3. The van der Waals surface area contributed by atoms with E-state index in [4.69, 9.17) is 16.4 Å². The topological polar surface area (TPSA) is 76.7 Å². The second-order valence-electron chi connectivity index (χ2n) is 5.28. The SMILES string of the molecule is CCC(=NOCC=CCl)C1=C(O)CC(c2ccnn2C)CC1=O. The highest BCUT2D eigenvalue weighted by Gasteiger charge is 2.32. The fraction of sp³-hybridized carbons (Fsp3) is 0.438. The second-order valence-corrected chi connectivity index (χ2v) is 5.53. The Hall–Kier alpha value is -2.08. The zero-order chi connectivity index (χ0) is 16.8. The highest BCUT2D eigenvalue weighted by Crippen LogP contribution is 2.34. The van der Waals surface area contributed by atoms with Crippen LogP contribution in [0.25, 0.3) is 0 Å². The van der Waals surface area contributed by atoms with Gasteiger partial charge in [-0.25, -0.2) is 0 Å². The summed E-state index contributed by atoms with van der Waals surface area (Å²) in [4.78, 5) is 17.6. The molecule has 124 valence electrons. The number of ketones is 1. The molecule has 0 radical (unpaired) electrons. The molecule has 1 aliphatic carbocycles. The number of rotatable bonds is 6. The Morgan fingerprint density at radius 3 is 2.96 bits per heavy atom. The molecule has 0 bridgehead atoms. The van der Waals surface area contributed by atoms with Crippen molar-refractivity contribution in [2.45, 2.75) is 32.1 Å². The molecule has 1 N–H and O–H groups in total. The lowest BCUT2D eigenvalue weighted by atomic mass is 9.83. The van der Waals surface area contributed by atoms with E-state index in [0.29, 0.717) is 25.0 Å². The number of aliphatic hydroxyl groups is 1. The normalized spacial score (nSPS) is 19.7. The van der Waals surface area contributed by atoms with Gasteiger partial charge in [-0.1, -0.05) is 23.7 Å². The molecule has 0 spiro atoms. The number of aromatic nitrogens is 2. The fourth-order valence-corrected chi connectivity index (χ4v) is 2.77. The number of halogens is 1. The van der Waals surface area contributed by atoms with Gasteiger partial charge in [-0.15, -0.1) is 0 Å². The van der Waals surface area contributed by atoms with Crippen LogP contribution in [0.15, 0.2) is 40.4 Å². The molecule has 1 aromatic rings. The average molecular weight is 338 g/mol. The van der Waals surface area contributed by atoms with Crippen LogP contribution in [0.2, 0.25) is 0 Å². The molecule has 1 heterocycles. The van der Waals surface area contributed by atoms with Crippen LogP contribution in [0.3, 0.4) is 0 Å². The zero-order valence-electron chi connectivity index (χ0n) is 13.2. The predicted molar refractivity (Wildman–Crippen MR) is 88.5 cm³/mol. The van der Waals surface area contributed by atoms with E-state index in [1.54, 1.807) is 17.0 Å². The highest BCUT2D eigenvalue weighted by atomic mass is 35.5. The number of carbonyl (C=O) groups is 1. The number of carbonyl (C=O) groups excluding carboxylic acids is 1. The third kappa shape index (κ3) is 4.01. The number of aliphatic hydroxyl groups excluding tert-OH is 1. The Bertz CT molecular complexity index is 661. The van der Waals surface area contributed by atoms with Gasteiger partial charge >= 0.3 is 0 Å². The van der Waals surface area contributed by atoms with Gasteiger partial charge in [0, 0.05) is 43.2 Å². The van der Waals surface area contributed by atoms with Crippen molar-refractivity contribution >= 4 is 23.1 Å². The summed E-state index contributed by atoms with van der Waals surface area (Å²) in [6, 6.07) is 1.87. The smallest absolute Gasteiger partial charge is 0.168 e. The number of nitrogens with zero attached hydrogens (tertiary/aromatic N) is 3. The van der Waals surface area contributed by atoms with Gasteiger partial charge in [0.2, 0.25) is 0 Å². The van der Waals surface area contributed by atoms with Crippen molar-refractivity contribution in [3.8, 4) is 0 Å². The molecule has 7 heteroatoms. The summed E-state index contributed by atoms with van der Waals surface area (Å²) in [5.74, 6) is -0.140. The summed E-state index contributed by atoms with van der Waals surface area (Å²) in [5.41, 5.74) is 3.00. The number of allylic oxidation sites excluding steroid dienone is 2. The molecule has 2 rings (SSSR count). The zero-order valence-corrected chi connectivity index (χ0v) is 14.0. The second kappa shape index (κ2) is 7.97. The summed E-state index contributed by atoms with van der Waals surface area (Å²) < 4.78 is 1.73. The van der Waals surface area contributed by atoms with Crippen LogP contribution in [-0.4, -0.2) is 33.0 Å². The largest absolute Gasteiger partial charge is 0.511 e. The summed E-state index contributed by atoms with van der Waals surface area (Å²) in [6.07, 6.45) is 4.48.